The van der Waals surface area contributed by atoms with Crippen LogP contribution in [0.15, 0.2) is 53.8 Å². The van der Waals surface area contributed by atoms with E-state index in [0.717, 1.165) is 22.0 Å². The Morgan fingerprint density at radius 3 is 2.65 bits per heavy atom. The Morgan fingerprint density at radius 1 is 1.15 bits per heavy atom. The van der Waals surface area contributed by atoms with Crippen LogP contribution in [0.4, 0.5) is 4.39 Å². The maximum Gasteiger partial charge on any atom is 0.251 e. The van der Waals surface area contributed by atoms with Crippen LogP contribution in [0.1, 0.15) is 21.5 Å². The Labute approximate surface area is 156 Å². The van der Waals surface area contributed by atoms with E-state index in [9.17, 15) is 9.18 Å². The summed E-state index contributed by atoms with van der Waals surface area (Å²) in [7, 11) is 0. The fourth-order valence-corrected chi connectivity index (χ4v) is 3.16. The monoisotopic (exact) mass is 369 g/mol. The highest BCUT2D eigenvalue weighted by Crippen LogP contribution is 2.21. The molecule has 0 fully saturated rings. The van der Waals surface area contributed by atoms with Crippen molar-refractivity contribution in [2.75, 3.05) is 12.3 Å². The Balaban J connectivity index is 1.48. The van der Waals surface area contributed by atoms with Gasteiger partial charge in [-0.15, -0.1) is 0 Å². The minimum absolute atomic E-state index is 0.0693. The van der Waals surface area contributed by atoms with Crippen LogP contribution >= 0.6 is 11.8 Å². The third-order valence-electron chi connectivity index (χ3n) is 4.10. The molecular weight excluding hydrogens is 349 g/mol. The van der Waals surface area contributed by atoms with Gasteiger partial charge in [0.2, 0.25) is 0 Å². The summed E-state index contributed by atoms with van der Waals surface area (Å²) in [6.45, 7) is 4.57. The zero-order chi connectivity index (χ0) is 18.5. The number of hydrogen-bond acceptors (Lipinski definition) is 3. The predicted molar refractivity (Wildman–Crippen MR) is 103 cm³/mol. The fourth-order valence-electron chi connectivity index (χ4n) is 2.45. The standard InChI is InChI=1S/C20H20FN3OS/c1-13-3-4-16(11-14(13)2)19(25)22-9-10-26-20-23-12-18(24-20)15-5-7-17(21)8-6-15/h3-8,11-12H,9-10H2,1-2H3,(H,22,25)(H,23,24). The minimum atomic E-state index is -0.262. The molecule has 2 N–H and O–H groups in total. The lowest BCUT2D eigenvalue weighted by atomic mass is 10.1. The van der Waals surface area contributed by atoms with Crippen LogP contribution in [0.5, 0.6) is 0 Å². The molecule has 4 nitrogen and oxygen atoms in total. The van der Waals surface area contributed by atoms with Crippen molar-refractivity contribution in [3.05, 3.63) is 71.2 Å². The maximum absolute atomic E-state index is 13.0. The lowest BCUT2D eigenvalue weighted by Gasteiger charge is -2.06. The summed E-state index contributed by atoms with van der Waals surface area (Å²) >= 11 is 1.53. The molecule has 2 aromatic carbocycles. The van der Waals surface area contributed by atoms with Crippen LogP contribution in [-0.4, -0.2) is 28.2 Å². The minimum Gasteiger partial charge on any atom is -0.351 e. The van der Waals surface area contributed by atoms with Crippen LogP contribution < -0.4 is 5.32 Å². The molecule has 1 amide bonds. The number of hydrogen-bond donors (Lipinski definition) is 2. The van der Waals surface area contributed by atoms with E-state index < -0.39 is 0 Å². The summed E-state index contributed by atoms with van der Waals surface area (Å²) < 4.78 is 13.0. The Kier molecular flexibility index (Phi) is 5.73. The van der Waals surface area contributed by atoms with E-state index in [-0.39, 0.29) is 11.7 Å². The number of nitrogens with zero attached hydrogens (tertiary/aromatic N) is 1. The third kappa shape index (κ3) is 4.52. The van der Waals surface area contributed by atoms with E-state index in [1.165, 1.54) is 29.5 Å². The van der Waals surface area contributed by atoms with Crippen molar-refractivity contribution in [2.45, 2.75) is 19.0 Å². The highest BCUT2D eigenvalue weighted by Gasteiger charge is 2.07. The number of H-pyrrole nitrogens is 1. The normalized spacial score (nSPS) is 10.7. The van der Waals surface area contributed by atoms with Crippen LogP contribution in [0.3, 0.4) is 0 Å². The van der Waals surface area contributed by atoms with Crippen LogP contribution in [0.2, 0.25) is 0 Å². The molecule has 3 aromatic rings. The van der Waals surface area contributed by atoms with Gasteiger partial charge in [-0.1, -0.05) is 17.8 Å². The summed E-state index contributed by atoms with van der Waals surface area (Å²) in [5, 5.41) is 3.69. The van der Waals surface area contributed by atoms with Crippen molar-refractivity contribution in [3.8, 4) is 11.3 Å². The predicted octanol–water partition coefficient (Wildman–Crippen LogP) is 4.35. The van der Waals surface area contributed by atoms with Crippen LogP contribution in [0.25, 0.3) is 11.3 Å². The summed E-state index contributed by atoms with van der Waals surface area (Å²) in [5.41, 5.74) is 4.68. The Hall–Kier alpha value is -2.60. The van der Waals surface area contributed by atoms with Crippen molar-refractivity contribution in [1.82, 2.24) is 15.3 Å². The molecule has 0 aliphatic carbocycles. The van der Waals surface area contributed by atoms with Crippen molar-refractivity contribution in [2.24, 2.45) is 0 Å². The molecule has 0 aliphatic heterocycles. The van der Waals surface area contributed by atoms with Gasteiger partial charge in [0.1, 0.15) is 5.82 Å². The summed E-state index contributed by atoms with van der Waals surface area (Å²) in [6, 6.07) is 12.0. The molecule has 0 spiro atoms. The summed E-state index contributed by atoms with van der Waals surface area (Å²) in [4.78, 5) is 19.7. The first-order valence-electron chi connectivity index (χ1n) is 8.32. The first kappa shape index (κ1) is 18.2. The van der Waals surface area contributed by atoms with Crippen molar-refractivity contribution >= 4 is 17.7 Å². The maximum atomic E-state index is 13.0. The first-order chi connectivity index (χ1) is 12.5. The number of carbonyl (C=O) groups excluding carboxylic acids is 1. The average molecular weight is 369 g/mol. The molecule has 134 valence electrons. The number of nitrogens with one attached hydrogen (secondary N) is 2. The van der Waals surface area contributed by atoms with Gasteiger partial charge in [0.25, 0.3) is 5.91 Å². The molecule has 6 heteroatoms. The zero-order valence-corrected chi connectivity index (χ0v) is 15.5. The molecule has 26 heavy (non-hydrogen) atoms. The van der Waals surface area contributed by atoms with E-state index in [1.54, 1.807) is 18.3 Å². The number of benzene rings is 2. The van der Waals surface area contributed by atoms with Crippen LogP contribution in [-0.2, 0) is 0 Å². The molecule has 0 aliphatic rings. The average Bonchev–Trinajstić information content (AvgIpc) is 3.10. The van der Waals surface area contributed by atoms with Gasteiger partial charge < -0.3 is 10.3 Å². The highest BCUT2D eigenvalue weighted by molar-refractivity contribution is 7.99. The molecule has 3 rings (SSSR count). The zero-order valence-electron chi connectivity index (χ0n) is 14.7. The van der Waals surface area contributed by atoms with E-state index in [1.807, 2.05) is 32.0 Å². The van der Waals surface area contributed by atoms with Gasteiger partial charge in [0, 0.05) is 17.9 Å². The number of aryl methyl sites for hydroxylation is 2. The largest absolute Gasteiger partial charge is 0.351 e. The number of aromatic amines is 1. The number of carbonyl (C=O) groups is 1. The molecule has 0 saturated carbocycles. The highest BCUT2D eigenvalue weighted by atomic mass is 32.2. The van der Waals surface area contributed by atoms with Gasteiger partial charge in [-0.05, 0) is 66.9 Å². The molecule has 0 saturated heterocycles. The Morgan fingerprint density at radius 2 is 1.92 bits per heavy atom. The molecule has 1 aromatic heterocycles. The van der Waals surface area contributed by atoms with Crippen molar-refractivity contribution in [3.63, 3.8) is 0 Å². The Bertz CT molecular complexity index is 906. The number of halogens is 1. The number of amides is 1. The van der Waals surface area contributed by atoms with Crippen LogP contribution in [0, 0.1) is 19.7 Å². The number of imidazole rings is 1. The number of rotatable bonds is 6. The topological polar surface area (TPSA) is 57.8 Å². The van der Waals surface area contributed by atoms with Gasteiger partial charge in [0.05, 0.1) is 11.9 Å². The first-order valence-corrected chi connectivity index (χ1v) is 9.30. The van der Waals surface area contributed by atoms with Gasteiger partial charge in [0.15, 0.2) is 5.16 Å². The quantitative estimate of drug-likeness (QED) is 0.501. The molecular formula is C20H20FN3OS. The third-order valence-corrected chi connectivity index (χ3v) is 4.99. The number of thioether (sulfide) groups is 1. The van der Waals surface area contributed by atoms with Gasteiger partial charge in [-0.2, -0.15) is 0 Å². The second-order valence-corrected chi connectivity index (χ2v) is 7.10. The van der Waals surface area contributed by atoms with Gasteiger partial charge in [-0.25, -0.2) is 9.37 Å². The molecule has 0 radical (unpaired) electrons. The fraction of sp³-hybridized carbons (Fsp3) is 0.200. The lowest BCUT2D eigenvalue weighted by molar-refractivity contribution is 0.0956. The summed E-state index contributed by atoms with van der Waals surface area (Å²) in [6.07, 6.45) is 1.73. The second-order valence-electron chi connectivity index (χ2n) is 6.01. The molecule has 1 heterocycles. The smallest absolute Gasteiger partial charge is 0.251 e. The van der Waals surface area contributed by atoms with E-state index in [4.69, 9.17) is 0 Å². The van der Waals surface area contributed by atoms with E-state index >= 15 is 0 Å². The van der Waals surface area contributed by atoms with Crippen molar-refractivity contribution < 1.29 is 9.18 Å². The van der Waals surface area contributed by atoms with Gasteiger partial charge >= 0.3 is 0 Å². The van der Waals surface area contributed by atoms with E-state index in [0.29, 0.717) is 17.9 Å². The lowest BCUT2D eigenvalue weighted by Crippen LogP contribution is -2.25. The second kappa shape index (κ2) is 8.19. The molecule has 0 bridgehead atoms. The van der Waals surface area contributed by atoms with Crippen molar-refractivity contribution in [1.29, 1.82) is 0 Å². The van der Waals surface area contributed by atoms with Gasteiger partial charge in [-0.3, -0.25) is 4.79 Å². The van der Waals surface area contributed by atoms with E-state index in [2.05, 4.69) is 15.3 Å². The SMILES string of the molecule is Cc1ccc(C(=O)NCCSc2ncc(-c3ccc(F)cc3)[nH]2)cc1C. The number of aromatic nitrogens is 2. The molecule has 0 unspecified atom stereocenters. The summed E-state index contributed by atoms with van der Waals surface area (Å²) in [5.74, 6) is 0.370. The molecule has 0 atom stereocenters.